The maximum atomic E-state index is 16.6. The molecule has 0 radical (unpaired) electrons. The van der Waals surface area contributed by atoms with Gasteiger partial charge < -0.3 is 14.4 Å². The van der Waals surface area contributed by atoms with Gasteiger partial charge >= 0.3 is 0 Å². The molecule has 1 N–H and O–H groups in total. The molecule has 2 bridgehead atoms. The van der Waals surface area contributed by atoms with Crippen molar-refractivity contribution in [1.82, 2.24) is 9.62 Å². The van der Waals surface area contributed by atoms with Gasteiger partial charge in [0.15, 0.2) is 6.04 Å². The maximum Gasteiger partial charge on any atom is 0.298 e. The van der Waals surface area contributed by atoms with Crippen molar-refractivity contribution in [2.45, 2.75) is 113 Å². The number of benzene rings is 3. The van der Waals surface area contributed by atoms with Crippen LogP contribution in [0.4, 0.5) is 8.78 Å². The second-order valence-electron chi connectivity index (χ2n) is 13.3. The summed E-state index contributed by atoms with van der Waals surface area (Å²) in [5, 5.41) is 1.39. The van der Waals surface area contributed by atoms with Crippen molar-refractivity contribution >= 4 is 26.7 Å². The Morgan fingerprint density at radius 3 is 2.37 bits per heavy atom. The number of nitrogens with zero attached hydrogens (tertiary/aromatic N) is 1. The Morgan fingerprint density at radius 1 is 0.957 bits per heavy atom. The van der Waals surface area contributed by atoms with Gasteiger partial charge in [-0.1, -0.05) is 44.5 Å². The van der Waals surface area contributed by atoms with Crippen molar-refractivity contribution < 1.29 is 31.5 Å². The number of rotatable bonds is 12. The minimum absolute atomic E-state index is 0.180. The predicted octanol–water partition coefficient (Wildman–Crippen LogP) is 7.57. The largest absolute Gasteiger partial charge is 0.494 e. The van der Waals surface area contributed by atoms with Crippen molar-refractivity contribution in [3.63, 3.8) is 0 Å². The van der Waals surface area contributed by atoms with E-state index in [1.807, 2.05) is 13.0 Å². The van der Waals surface area contributed by atoms with Crippen LogP contribution in [-0.4, -0.2) is 50.1 Å². The zero-order valence-corrected chi connectivity index (χ0v) is 27.4. The lowest BCUT2D eigenvalue weighted by Gasteiger charge is -2.41. The van der Waals surface area contributed by atoms with Crippen LogP contribution < -0.4 is 14.2 Å². The first kappa shape index (κ1) is 32.7. The second-order valence-corrected chi connectivity index (χ2v) is 15.0. The number of hydrogen-bond donors (Lipinski definition) is 1. The highest BCUT2D eigenvalue weighted by atomic mass is 32.2. The summed E-state index contributed by atoms with van der Waals surface area (Å²) in [6, 6.07) is 12.7. The van der Waals surface area contributed by atoms with Crippen molar-refractivity contribution in [3.05, 3.63) is 66.2 Å². The highest BCUT2D eigenvalue weighted by molar-refractivity contribution is 7.89. The van der Waals surface area contributed by atoms with E-state index in [1.165, 1.54) is 35.2 Å². The normalized spacial score (nSPS) is 22.7. The molecule has 6 rings (SSSR count). The number of nitrogens with one attached hydrogen (secondary N) is 1. The Labute approximate surface area is 270 Å². The summed E-state index contributed by atoms with van der Waals surface area (Å²) >= 11 is 0. The Bertz CT molecular complexity index is 1650. The maximum absolute atomic E-state index is 16.6. The molecule has 1 amide bonds. The van der Waals surface area contributed by atoms with Crippen molar-refractivity contribution in [2.24, 2.45) is 5.92 Å². The van der Waals surface area contributed by atoms with Crippen molar-refractivity contribution in [2.75, 3.05) is 6.61 Å². The summed E-state index contributed by atoms with van der Waals surface area (Å²) in [6.07, 6.45) is 9.02. The van der Waals surface area contributed by atoms with Crippen LogP contribution in [0, 0.1) is 5.92 Å². The summed E-state index contributed by atoms with van der Waals surface area (Å²) in [6.45, 7) is 4.48. The molecule has 1 aliphatic carbocycles. The zero-order chi connectivity index (χ0) is 32.5. The Hall–Kier alpha value is -3.24. The molecular weight excluding hydrogens is 610 g/mol. The number of hydrogen-bond acceptors (Lipinski definition) is 5. The number of carbonyl (C=O) groups is 1. The number of unbranched alkanes of at least 4 members (excludes halogenated alkanes) is 1. The van der Waals surface area contributed by atoms with Gasteiger partial charge in [-0.3, -0.25) is 4.79 Å². The Kier molecular flexibility index (Phi) is 9.57. The molecule has 7 nitrogen and oxygen atoms in total. The average molecular weight is 655 g/mol. The summed E-state index contributed by atoms with van der Waals surface area (Å²) in [5.41, 5.74) is -0.478. The van der Waals surface area contributed by atoms with E-state index in [1.54, 1.807) is 24.3 Å². The van der Waals surface area contributed by atoms with Crippen LogP contribution in [-0.2, 0) is 20.7 Å². The van der Waals surface area contributed by atoms with Gasteiger partial charge in [0.2, 0.25) is 15.9 Å². The van der Waals surface area contributed by atoms with E-state index in [2.05, 4.69) is 11.6 Å². The van der Waals surface area contributed by atoms with Gasteiger partial charge in [0, 0.05) is 17.6 Å². The van der Waals surface area contributed by atoms with E-state index >= 15 is 8.78 Å². The van der Waals surface area contributed by atoms with Gasteiger partial charge in [-0.05, 0) is 111 Å². The van der Waals surface area contributed by atoms with Crippen LogP contribution in [0.2, 0.25) is 0 Å². The predicted molar refractivity (Wildman–Crippen MR) is 174 cm³/mol. The molecule has 1 saturated carbocycles. The molecule has 0 spiro atoms. The first-order valence-electron chi connectivity index (χ1n) is 16.7. The first-order valence-corrected chi connectivity index (χ1v) is 18.2. The van der Waals surface area contributed by atoms with Crippen molar-refractivity contribution in [1.29, 1.82) is 0 Å². The number of amides is 1. The molecule has 0 aromatic heterocycles. The highest BCUT2D eigenvalue weighted by Crippen LogP contribution is 2.42. The van der Waals surface area contributed by atoms with Crippen LogP contribution in [0.3, 0.4) is 0 Å². The van der Waals surface area contributed by atoms with Crippen molar-refractivity contribution in [3.8, 4) is 11.5 Å². The quantitative estimate of drug-likeness (QED) is 0.204. The van der Waals surface area contributed by atoms with E-state index < -0.39 is 33.5 Å². The standard InChI is InChI=1S/C36H44F2N2O5S/c1-3-4-18-44-31-11-7-8-27(23-31)36(37,38)34(35(41)40-28-14-15-29(40)20-24(2)19-28)39-46(42,43)33-17-13-25-21-32(16-12-26(25)22-33)45-30-9-5-6-10-30/h7-8,11-13,16-17,21-24,28-30,34,39H,3-6,9-10,14-15,18-20H2,1-2H3. The number of fused-ring (bicyclic) bond motifs is 3. The molecule has 3 aliphatic rings. The fraction of sp³-hybridized carbons (Fsp3) is 0.528. The smallest absolute Gasteiger partial charge is 0.298 e. The van der Waals surface area contributed by atoms with Crippen LogP contribution in [0.15, 0.2) is 65.6 Å². The lowest BCUT2D eigenvalue weighted by atomic mass is 9.91. The molecule has 3 fully saturated rings. The molecule has 10 heteroatoms. The van der Waals surface area contributed by atoms with E-state index in [-0.39, 0.29) is 28.8 Å². The molecule has 2 saturated heterocycles. The lowest BCUT2D eigenvalue weighted by Crippen LogP contribution is -2.59. The number of carbonyl (C=O) groups excluding carboxylic acids is 1. The number of halogens is 2. The summed E-state index contributed by atoms with van der Waals surface area (Å²) in [5.74, 6) is -3.42. The van der Waals surface area contributed by atoms with Gasteiger partial charge in [0.05, 0.1) is 17.6 Å². The molecule has 46 heavy (non-hydrogen) atoms. The molecule has 2 heterocycles. The topological polar surface area (TPSA) is 84.9 Å². The summed E-state index contributed by atoms with van der Waals surface area (Å²) < 4.78 is 74.9. The average Bonchev–Trinajstić information content (AvgIpc) is 3.64. The number of ether oxygens (including phenoxy) is 2. The van der Waals surface area contributed by atoms with Crippen LogP contribution in [0.5, 0.6) is 11.5 Å². The molecule has 3 atom stereocenters. The minimum atomic E-state index is -4.55. The van der Waals surface area contributed by atoms with Gasteiger partial charge in [-0.2, -0.15) is 13.5 Å². The van der Waals surface area contributed by atoms with Crippen LogP contribution in [0.1, 0.15) is 83.6 Å². The van der Waals surface area contributed by atoms with E-state index in [9.17, 15) is 13.2 Å². The molecule has 3 aromatic carbocycles. The zero-order valence-electron chi connectivity index (χ0n) is 26.6. The van der Waals surface area contributed by atoms with Gasteiger partial charge in [0.1, 0.15) is 11.5 Å². The SMILES string of the molecule is CCCCOc1cccc(C(F)(F)C(NS(=O)(=O)c2ccc3cc(OC4CCCC4)ccc3c2)C(=O)N2C3CCC2CC(C)C3)c1. The number of sulfonamides is 1. The Morgan fingerprint density at radius 2 is 1.65 bits per heavy atom. The summed E-state index contributed by atoms with van der Waals surface area (Å²) in [4.78, 5) is 15.5. The van der Waals surface area contributed by atoms with E-state index in [4.69, 9.17) is 9.47 Å². The molecule has 3 unspecified atom stereocenters. The molecular formula is C36H44F2N2O5S. The number of alkyl halides is 2. The first-order chi connectivity index (χ1) is 22.0. The summed E-state index contributed by atoms with van der Waals surface area (Å²) in [7, 11) is -4.55. The third kappa shape index (κ3) is 6.88. The second kappa shape index (κ2) is 13.5. The fourth-order valence-corrected chi connectivity index (χ4v) is 8.62. The third-order valence-electron chi connectivity index (χ3n) is 9.79. The fourth-order valence-electron chi connectivity index (χ4n) is 7.40. The molecule has 3 aromatic rings. The van der Waals surface area contributed by atoms with Crippen LogP contribution >= 0.6 is 0 Å². The Balaban J connectivity index is 1.31. The van der Waals surface area contributed by atoms with Gasteiger partial charge in [-0.15, -0.1) is 0 Å². The number of piperidine rings is 1. The monoisotopic (exact) mass is 654 g/mol. The molecule has 2 aliphatic heterocycles. The van der Waals surface area contributed by atoms with E-state index in [0.29, 0.717) is 36.5 Å². The highest BCUT2D eigenvalue weighted by Gasteiger charge is 2.53. The van der Waals surface area contributed by atoms with Gasteiger partial charge in [0.25, 0.3) is 5.92 Å². The lowest BCUT2D eigenvalue weighted by molar-refractivity contribution is -0.149. The van der Waals surface area contributed by atoms with E-state index in [0.717, 1.165) is 56.8 Å². The molecule has 248 valence electrons. The van der Waals surface area contributed by atoms with Crippen LogP contribution in [0.25, 0.3) is 10.8 Å². The third-order valence-corrected chi connectivity index (χ3v) is 11.2. The minimum Gasteiger partial charge on any atom is -0.494 e. The van der Waals surface area contributed by atoms with Gasteiger partial charge in [-0.25, -0.2) is 8.42 Å².